The number of aryl methyl sites for hydroxylation is 1. The van der Waals surface area contributed by atoms with Crippen LogP contribution in [-0.4, -0.2) is 37.1 Å². The summed E-state index contributed by atoms with van der Waals surface area (Å²) in [7, 11) is 0. The number of ether oxygens (including phenoxy) is 1. The van der Waals surface area contributed by atoms with Crippen LogP contribution in [-0.2, 0) is 4.74 Å². The van der Waals surface area contributed by atoms with Gasteiger partial charge in [0.2, 0.25) is 0 Å². The molecule has 3 aromatic rings. The molecule has 27 heavy (non-hydrogen) atoms. The molecule has 0 spiro atoms. The number of fused-ring (bicyclic) bond motifs is 1. The number of para-hydroxylation sites is 1. The maximum absolute atomic E-state index is 12.5. The van der Waals surface area contributed by atoms with Crippen LogP contribution >= 0.6 is 0 Å². The summed E-state index contributed by atoms with van der Waals surface area (Å²) in [5.41, 5.74) is 3.75. The molecule has 0 saturated carbocycles. The molecule has 1 saturated heterocycles. The summed E-state index contributed by atoms with van der Waals surface area (Å²) in [5.74, 6) is 0.904. The Morgan fingerprint density at radius 3 is 2.59 bits per heavy atom. The van der Waals surface area contributed by atoms with Crippen molar-refractivity contribution in [1.82, 2.24) is 4.98 Å². The Labute approximate surface area is 159 Å². The van der Waals surface area contributed by atoms with Crippen LogP contribution in [0.4, 0.5) is 5.82 Å². The van der Waals surface area contributed by atoms with Crippen molar-refractivity contribution >= 4 is 28.6 Å². The average Bonchev–Trinajstić information content (AvgIpc) is 2.72. The van der Waals surface area contributed by atoms with Gasteiger partial charge in [-0.1, -0.05) is 48.0 Å². The minimum atomic E-state index is -0.00362. The largest absolute Gasteiger partial charge is 0.378 e. The van der Waals surface area contributed by atoms with E-state index in [4.69, 9.17) is 9.72 Å². The molecular weight excluding hydrogens is 336 g/mol. The number of allylic oxidation sites excluding steroid dienone is 1. The molecule has 4 heteroatoms. The number of aromatic nitrogens is 1. The number of benzene rings is 2. The van der Waals surface area contributed by atoms with Gasteiger partial charge in [0.15, 0.2) is 5.78 Å². The summed E-state index contributed by atoms with van der Waals surface area (Å²) in [5, 5.41) is 1.07. The number of hydrogen-bond donors (Lipinski definition) is 0. The summed E-state index contributed by atoms with van der Waals surface area (Å²) >= 11 is 0. The van der Waals surface area contributed by atoms with Crippen LogP contribution in [0.5, 0.6) is 0 Å². The lowest BCUT2D eigenvalue weighted by Gasteiger charge is -2.29. The number of morpholine rings is 1. The number of hydrogen-bond acceptors (Lipinski definition) is 4. The molecule has 2 aromatic carbocycles. The minimum Gasteiger partial charge on any atom is -0.378 e. The smallest absolute Gasteiger partial charge is 0.185 e. The first-order valence-electron chi connectivity index (χ1n) is 9.22. The molecule has 1 aliphatic rings. The molecule has 4 nitrogen and oxygen atoms in total. The van der Waals surface area contributed by atoms with Crippen LogP contribution in [0.3, 0.4) is 0 Å². The van der Waals surface area contributed by atoms with Crippen LogP contribution < -0.4 is 4.90 Å². The maximum Gasteiger partial charge on any atom is 0.185 e. The normalized spacial score (nSPS) is 14.8. The topological polar surface area (TPSA) is 42.4 Å². The molecule has 1 fully saturated rings. The zero-order valence-corrected chi connectivity index (χ0v) is 15.4. The number of carbonyl (C=O) groups excluding carboxylic acids is 1. The van der Waals surface area contributed by atoms with E-state index in [0.29, 0.717) is 18.8 Å². The van der Waals surface area contributed by atoms with Crippen molar-refractivity contribution in [3.63, 3.8) is 0 Å². The fraction of sp³-hybridized carbons (Fsp3) is 0.217. The number of pyridine rings is 1. The van der Waals surface area contributed by atoms with Gasteiger partial charge in [-0.05, 0) is 31.2 Å². The average molecular weight is 358 g/mol. The van der Waals surface area contributed by atoms with Gasteiger partial charge in [0, 0.05) is 29.6 Å². The standard InChI is InChI=1S/C23H22N2O2/c1-17-6-8-18(9-7-17)22(26)11-10-20-16-19-4-2-3-5-21(19)24-23(20)25-12-14-27-15-13-25/h2-11,16H,12-15H2,1H3. The van der Waals surface area contributed by atoms with Gasteiger partial charge in [0.1, 0.15) is 5.82 Å². The van der Waals surface area contributed by atoms with Crippen LogP contribution in [0.2, 0.25) is 0 Å². The van der Waals surface area contributed by atoms with E-state index in [1.165, 1.54) is 0 Å². The molecule has 4 rings (SSSR count). The molecule has 136 valence electrons. The van der Waals surface area contributed by atoms with Crippen molar-refractivity contribution in [2.45, 2.75) is 6.92 Å². The fourth-order valence-corrected chi connectivity index (χ4v) is 3.25. The highest BCUT2D eigenvalue weighted by Gasteiger charge is 2.16. The lowest BCUT2D eigenvalue weighted by molar-refractivity contribution is 0.104. The molecule has 1 aromatic heterocycles. The Hall–Kier alpha value is -2.98. The SMILES string of the molecule is Cc1ccc(C(=O)C=Cc2cc3ccccc3nc2N2CCOCC2)cc1. The Morgan fingerprint density at radius 2 is 1.81 bits per heavy atom. The maximum atomic E-state index is 12.5. The highest BCUT2D eigenvalue weighted by Crippen LogP contribution is 2.26. The van der Waals surface area contributed by atoms with Crippen molar-refractivity contribution in [3.05, 3.63) is 77.4 Å². The highest BCUT2D eigenvalue weighted by molar-refractivity contribution is 6.07. The van der Waals surface area contributed by atoms with E-state index in [0.717, 1.165) is 40.9 Å². The van der Waals surface area contributed by atoms with Crippen LogP contribution in [0, 0.1) is 6.92 Å². The highest BCUT2D eigenvalue weighted by atomic mass is 16.5. The third-order valence-electron chi connectivity index (χ3n) is 4.79. The predicted octanol–water partition coefficient (Wildman–Crippen LogP) is 4.28. The number of carbonyl (C=O) groups is 1. The molecule has 0 aliphatic carbocycles. The van der Waals surface area contributed by atoms with E-state index in [1.807, 2.05) is 61.5 Å². The second-order valence-corrected chi connectivity index (χ2v) is 6.76. The van der Waals surface area contributed by atoms with E-state index < -0.39 is 0 Å². The van der Waals surface area contributed by atoms with Crippen LogP contribution in [0.1, 0.15) is 21.5 Å². The minimum absolute atomic E-state index is 0.00362. The molecule has 0 N–H and O–H groups in total. The number of nitrogens with zero attached hydrogens (tertiary/aromatic N) is 2. The van der Waals surface area contributed by atoms with Gasteiger partial charge in [0.05, 0.1) is 18.7 Å². The monoisotopic (exact) mass is 358 g/mol. The van der Waals surface area contributed by atoms with Gasteiger partial charge in [-0.25, -0.2) is 4.98 Å². The van der Waals surface area contributed by atoms with Gasteiger partial charge < -0.3 is 9.64 Å². The Balaban J connectivity index is 1.70. The quantitative estimate of drug-likeness (QED) is 0.516. The first-order valence-corrected chi connectivity index (χ1v) is 9.22. The van der Waals surface area contributed by atoms with Gasteiger partial charge in [-0.2, -0.15) is 0 Å². The second-order valence-electron chi connectivity index (χ2n) is 6.76. The first kappa shape index (κ1) is 17.4. The number of anilines is 1. The summed E-state index contributed by atoms with van der Waals surface area (Å²) in [6.45, 7) is 5.01. The fourth-order valence-electron chi connectivity index (χ4n) is 3.25. The Bertz CT molecular complexity index is 987. The van der Waals surface area contributed by atoms with E-state index in [-0.39, 0.29) is 5.78 Å². The molecule has 0 amide bonds. The molecular formula is C23H22N2O2. The molecule has 1 aliphatic heterocycles. The van der Waals surface area contributed by atoms with Gasteiger partial charge in [-0.3, -0.25) is 4.79 Å². The molecule has 2 heterocycles. The second kappa shape index (κ2) is 7.72. The van der Waals surface area contributed by atoms with E-state index in [9.17, 15) is 4.79 Å². The Kier molecular flexibility index (Phi) is 4.99. The zero-order valence-electron chi connectivity index (χ0n) is 15.4. The van der Waals surface area contributed by atoms with Crippen LogP contribution in [0.15, 0.2) is 60.7 Å². The summed E-state index contributed by atoms with van der Waals surface area (Å²) in [6.07, 6.45) is 3.52. The Morgan fingerprint density at radius 1 is 1.07 bits per heavy atom. The van der Waals surface area contributed by atoms with Crippen molar-refractivity contribution in [1.29, 1.82) is 0 Å². The zero-order chi connectivity index (χ0) is 18.6. The van der Waals surface area contributed by atoms with E-state index in [2.05, 4.69) is 11.0 Å². The lowest BCUT2D eigenvalue weighted by atomic mass is 10.1. The summed E-state index contributed by atoms with van der Waals surface area (Å²) in [4.78, 5) is 19.6. The van der Waals surface area contributed by atoms with Crippen molar-refractivity contribution in [3.8, 4) is 0 Å². The number of rotatable bonds is 4. The third-order valence-corrected chi connectivity index (χ3v) is 4.79. The molecule has 0 bridgehead atoms. The van der Waals surface area contributed by atoms with Crippen molar-refractivity contribution in [2.75, 3.05) is 31.2 Å². The molecule has 0 atom stereocenters. The number of ketones is 1. The van der Waals surface area contributed by atoms with Gasteiger partial charge >= 0.3 is 0 Å². The third kappa shape index (κ3) is 3.91. The van der Waals surface area contributed by atoms with E-state index in [1.54, 1.807) is 6.08 Å². The summed E-state index contributed by atoms with van der Waals surface area (Å²) < 4.78 is 5.47. The molecule has 0 unspecified atom stereocenters. The lowest BCUT2D eigenvalue weighted by Crippen LogP contribution is -2.37. The summed E-state index contributed by atoms with van der Waals surface area (Å²) in [6, 6.07) is 17.8. The van der Waals surface area contributed by atoms with Gasteiger partial charge in [0.25, 0.3) is 0 Å². The first-order chi connectivity index (χ1) is 13.2. The van der Waals surface area contributed by atoms with E-state index >= 15 is 0 Å². The predicted molar refractivity (Wildman–Crippen MR) is 109 cm³/mol. The van der Waals surface area contributed by atoms with Gasteiger partial charge in [-0.15, -0.1) is 0 Å². The van der Waals surface area contributed by atoms with Crippen molar-refractivity contribution in [2.24, 2.45) is 0 Å². The molecule has 0 radical (unpaired) electrons. The van der Waals surface area contributed by atoms with Crippen LogP contribution in [0.25, 0.3) is 17.0 Å². The van der Waals surface area contributed by atoms with Crippen molar-refractivity contribution < 1.29 is 9.53 Å².